The first-order chi connectivity index (χ1) is 16.2. The van der Waals surface area contributed by atoms with E-state index < -0.39 is 6.04 Å². The largest absolute Gasteiger partial charge is 0.454 e. The highest BCUT2D eigenvalue weighted by Gasteiger charge is 2.20. The highest BCUT2D eigenvalue weighted by atomic mass is 16.7. The van der Waals surface area contributed by atoms with Crippen LogP contribution in [0, 0.1) is 0 Å². The van der Waals surface area contributed by atoms with Crippen LogP contribution in [0.4, 0.5) is 5.82 Å². The molecule has 0 spiro atoms. The molecule has 0 radical (unpaired) electrons. The molecule has 0 fully saturated rings. The van der Waals surface area contributed by atoms with Crippen molar-refractivity contribution in [3.8, 4) is 17.3 Å². The fraction of sp³-hybridized carbons (Fsp3) is 0.167. The first-order valence-corrected chi connectivity index (χ1v) is 10.5. The number of carbonyl (C=O) groups excluding carboxylic acids is 1. The van der Waals surface area contributed by atoms with Crippen molar-refractivity contribution in [1.82, 2.24) is 24.8 Å². The van der Waals surface area contributed by atoms with Crippen LogP contribution >= 0.6 is 0 Å². The maximum atomic E-state index is 13.2. The van der Waals surface area contributed by atoms with Crippen LogP contribution in [0.3, 0.4) is 0 Å². The van der Waals surface area contributed by atoms with Crippen LogP contribution in [-0.4, -0.2) is 38.3 Å². The molecule has 9 nitrogen and oxygen atoms in total. The fourth-order valence-corrected chi connectivity index (χ4v) is 3.56. The molecule has 33 heavy (non-hydrogen) atoms. The highest BCUT2D eigenvalue weighted by Crippen LogP contribution is 2.32. The third-order valence-corrected chi connectivity index (χ3v) is 5.25. The number of aromatic nitrogens is 4. The second-order valence-electron chi connectivity index (χ2n) is 7.52. The molecule has 1 aliphatic rings. The van der Waals surface area contributed by atoms with Gasteiger partial charge in [0.05, 0.1) is 0 Å². The summed E-state index contributed by atoms with van der Waals surface area (Å²) >= 11 is 0. The highest BCUT2D eigenvalue weighted by molar-refractivity contribution is 5.84. The van der Waals surface area contributed by atoms with E-state index in [-0.39, 0.29) is 12.7 Å². The van der Waals surface area contributed by atoms with Crippen molar-refractivity contribution in [2.24, 2.45) is 0 Å². The van der Waals surface area contributed by atoms with Gasteiger partial charge in [0.2, 0.25) is 12.7 Å². The van der Waals surface area contributed by atoms with Crippen LogP contribution in [0.5, 0.6) is 11.5 Å². The molecule has 2 aromatic heterocycles. The van der Waals surface area contributed by atoms with Crippen molar-refractivity contribution < 1.29 is 14.3 Å². The van der Waals surface area contributed by atoms with Crippen LogP contribution in [0.1, 0.15) is 11.1 Å². The number of imidazole rings is 1. The molecule has 3 heterocycles. The number of amides is 1. The molecule has 5 rings (SSSR count). The van der Waals surface area contributed by atoms with E-state index >= 15 is 0 Å². The Bertz CT molecular complexity index is 1230. The van der Waals surface area contributed by atoms with E-state index in [0.717, 1.165) is 11.1 Å². The number of anilines is 1. The monoisotopic (exact) mass is 442 g/mol. The van der Waals surface area contributed by atoms with Gasteiger partial charge in [-0.25, -0.2) is 15.0 Å². The van der Waals surface area contributed by atoms with Gasteiger partial charge < -0.3 is 20.1 Å². The van der Waals surface area contributed by atoms with Gasteiger partial charge in [0.1, 0.15) is 30.3 Å². The topological polar surface area (TPSA) is 103 Å². The van der Waals surface area contributed by atoms with Crippen LogP contribution in [0.25, 0.3) is 5.82 Å². The van der Waals surface area contributed by atoms with Crippen molar-refractivity contribution in [2.45, 2.75) is 19.0 Å². The van der Waals surface area contributed by atoms with Gasteiger partial charge in [-0.15, -0.1) is 0 Å². The van der Waals surface area contributed by atoms with Gasteiger partial charge in [0, 0.05) is 31.4 Å². The predicted molar refractivity (Wildman–Crippen MR) is 121 cm³/mol. The fourth-order valence-electron chi connectivity index (χ4n) is 3.56. The molecular formula is C24H22N6O3. The van der Waals surface area contributed by atoms with Gasteiger partial charge >= 0.3 is 0 Å². The second-order valence-corrected chi connectivity index (χ2v) is 7.52. The lowest BCUT2D eigenvalue weighted by atomic mass is 10.0. The predicted octanol–water partition coefficient (Wildman–Crippen LogP) is 2.73. The van der Waals surface area contributed by atoms with Crippen molar-refractivity contribution in [1.29, 1.82) is 0 Å². The molecule has 1 atom stereocenters. The molecule has 4 aromatic rings. The van der Waals surface area contributed by atoms with Gasteiger partial charge in [0.25, 0.3) is 0 Å². The molecule has 166 valence electrons. The van der Waals surface area contributed by atoms with Gasteiger partial charge in [-0.3, -0.25) is 9.36 Å². The minimum Gasteiger partial charge on any atom is -0.454 e. The average Bonchev–Trinajstić information content (AvgIpc) is 3.55. The van der Waals surface area contributed by atoms with E-state index in [2.05, 4.69) is 25.6 Å². The number of carbonyl (C=O) groups is 1. The molecule has 0 bridgehead atoms. The zero-order chi connectivity index (χ0) is 22.5. The number of benzene rings is 2. The normalized spacial score (nSPS) is 12.8. The van der Waals surface area contributed by atoms with Crippen LogP contribution in [0.2, 0.25) is 0 Å². The smallest absolute Gasteiger partial charge is 0.243 e. The summed E-state index contributed by atoms with van der Waals surface area (Å²) in [6.07, 6.45) is 7.09. The molecule has 2 aromatic carbocycles. The lowest BCUT2D eigenvalue weighted by Gasteiger charge is -2.19. The average molecular weight is 442 g/mol. The summed E-state index contributed by atoms with van der Waals surface area (Å²) < 4.78 is 12.6. The van der Waals surface area contributed by atoms with Gasteiger partial charge in [-0.05, 0) is 23.3 Å². The summed E-state index contributed by atoms with van der Waals surface area (Å²) in [6.45, 7) is 0.584. The Morgan fingerprint density at radius 1 is 1.03 bits per heavy atom. The number of hydrogen-bond donors (Lipinski definition) is 2. The van der Waals surface area contributed by atoms with E-state index in [1.54, 1.807) is 29.4 Å². The Labute approximate surface area is 190 Å². The van der Waals surface area contributed by atoms with Crippen molar-refractivity contribution in [2.75, 3.05) is 12.1 Å². The Balaban J connectivity index is 1.32. The Kier molecular flexibility index (Phi) is 5.83. The molecule has 0 saturated heterocycles. The number of hydrogen-bond acceptors (Lipinski definition) is 7. The Hall–Kier alpha value is -4.40. The van der Waals surface area contributed by atoms with Gasteiger partial charge in [-0.1, -0.05) is 36.4 Å². The maximum absolute atomic E-state index is 13.2. The first kappa shape index (κ1) is 20.5. The summed E-state index contributed by atoms with van der Waals surface area (Å²) in [6, 6.07) is 16.7. The summed E-state index contributed by atoms with van der Waals surface area (Å²) in [5.74, 6) is 2.47. The Morgan fingerprint density at radius 2 is 1.91 bits per heavy atom. The van der Waals surface area contributed by atoms with Crippen molar-refractivity contribution in [3.05, 3.63) is 90.8 Å². The molecule has 1 aliphatic heterocycles. The van der Waals surface area contributed by atoms with Crippen LogP contribution in [0.15, 0.2) is 79.6 Å². The first-order valence-electron chi connectivity index (χ1n) is 10.5. The van der Waals surface area contributed by atoms with Gasteiger partial charge in [-0.2, -0.15) is 0 Å². The third kappa shape index (κ3) is 4.93. The standard InChI is InChI=1S/C24H22N6O3/c31-24(26-13-18-6-7-20-21(11-18)33-16-32-20)19(10-17-4-2-1-3-5-17)29-22-12-23(28-14-27-22)30-9-8-25-15-30/h1-9,11-12,14-15,19H,10,13,16H2,(H,26,31)(H,27,28,29). The van der Waals surface area contributed by atoms with Crippen LogP contribution in [-0.2, 0) is 17.8 Å². The van der Waals surface area contributed by atoms with E-state index in [9.17, 15) is 4.79 Å². The summed E-state index contributed by atoms with van der Waals surface area (Å²) in [5.41, 5.74) is 1.97. The van der Waals surface area contributed by atoms with Crippen molar-refractivity contribution >= 4 is 11.7 Å². The summed E-state index contributed by atoms with van der Waals surface area (Å²) in [4.78, 5) is 25.8. The molecular weight excluding hydrogens is 420 g/mol. The van der Waals surface area contributed by atoms with E-state index in [0.29, 0.717) is 36.1 Å². The number of rotatable bonds is 8. The number of nitrogens with zero attached hydrogens (tertiary/aromatic N) is 4. The summed E-state index contributed by atoms with van der Waals surface area (Å²) in [7, 11) is 0. The molecule has 1 amide bonds. The zero-order valence-electron chi connectivity index (χ0n) is 17.7. The van der Waals surface area contributed by atoms with Gasteiger partial charge in [0.15, 0.2) is 11.5 Å². The summed E-state index contributed by atoms with van der Waals surface area (Å²) in [5, 5.41) is 6.28. The minimum atomic E-state index is -0.535. The van der Waals surface area contributed by atoms with E-state index in [1.807, 2.05) is 48.5 Å². The third-order valence-electron chi connectivity index (χ3n) is 5.25. The number of nitrogens with one attached hydrogen (secondary N) is 2. The molecule has 2 N–H and O–H groups in total. The molecule has 0 aliphatic carbocycles. The van der Waals surface area contributed by atoms with Crippen LogP contribution < -0.4 is 20.1 Å². The van der Waals surface area contributed by atoms with E-state index in [4.69, 9.17) is 9.47 Å². The Morgan fingerprint density at radius 3 is 2.76 bits per heavy atom. The van der Waals surface area contributed by atoms with E-state index in [1.165, 1.54) is 6.33 Å². The molecule has 9 heteroatoms. The second kappa shape index (κ2) is 9.39. The molecule has 1 unspecified atom stereocenters. The number of ether oxygens (including phenoxy) is 2. The number of fused-ring (bicyclic) bond motifs is 1. The minimum absolute atomic E-state index is 0.140. The van der Waals surface area contributed by atoms with Crippen molar-refractivity contribution in [3.63, 3.8) is 0 Å². The lowest BCUT2D eigenvalue weighted by molar-refractivity contribution is -0.122. The zero-order valence-corrected chi connectivity index (χ0v) is 17.7. The lowest BCUT2D eigenvalue weighted by Crippen LogP contribution is -2.41. The SMILES string of the molecule is O=C(NCc1ccc2c(c1)OCO2)C(Cc1ccccc1)Nc1cc(-n2ccnc2)ncn1. The molecule has 0 saturated carbocycles. The maximum Gasteiger partial charge on any atom is 0.243 e. The quantitative estimate of drug-likeness (QED) is 0.432.